The molecular weight excluding hydrogens is 400 g/mol. The van der Waals surface area contributed by atoms with Crippen molar-refractivity contribution in [1.82, 2.24) is 9.38 Å². The maximum atomic E-state index is 5.00. The maximum absolute atomic E-state index is 5.00. The highest BCUT2D eigenvalue weighted by Crippen LogP contribution is 2.43. The van der Waals surface area contributed by atoms with Gasteiger partial charge >= 0.3 is 0 Å². The predicted molar refractivity (Wildman–Crippen MR) is 140 cm³/mol. The van der Waals surface area contributed by atoms with Crippen LogP contribution in [0.25, 0.3) is 59.8 Å². The second kappa shape index (κ2) is 6.45. The van der Waals surface area contributed by atoms with E-state index in [4.69, 9.17) is 4.98 Å². The Bertz CT molecular complexity index is 1850. The highest BCUT2D eigenvalue weighted by molar-refractivity contribution is 6.29. The highest BCUT2D eigenvalue weighted by atomic mass is 14.9. The molecule has 2 nitrogen and oxygen atoms in total. The van der Waals surface area contributed by atoms with Crippen LogP contribution in [0.4, 0.5) is 0 Å². The molecule has 3 heterocycles. The molecule has 7 aromatic rings. The van der Waals surface area contributed by atoms with E-state index in [0.29, 0.717) is 0 Å². The number of aromatic nitrogens is 2. The van der Waals surface area contributed by atoms with Crippen LogP contribution in [0.3, 0.4) is 0 Å². The summed E-state index contributed by atoms with van der Waals surface area (Å²) in [6.45, 7) is 0. The lowest BCUT2D eigenvalue weighted by Gasteiger charge is -2.17. The summed E-state index contributed by atoms with van der Waals surface area (Å²) in [7, 11) is 0. The average molecular weight is 425 g/mol. The van der Waals surface area contributed by atoms with E-state index in [-0.39, 0.29) is 0 Å². The van der Waals surface area contributed by atoms with Gasteiger partial charge in [0.05, 0.1) is 22.1 Å². The minimum absolute atomic E-state index is 0.815. The quantitative estimate of drug-likeness (QED) is 0.202. The van der Waals surface area contributed by atoms with Crippen molar-refractivity contribution in [3.05, 3.63) is 84.6 Å². The second-order valence-corrected chi connectivity index (χ2v) is 9.94. The molecule has 1 aliphatic rings. The van der Waals surface area contributed by atoms with Crippen LogP contribution in [0.5, 0.6) is 0 Å². The molecule has 0 N–H and O–H groups in total. The van der Waals surface area contributed by atoms with Gasteiger partial charge in [0.25, 0.3) is 0 Å². The lowest BCUT2D eigenvalue weighted by Crippen LogP contribution is -2.01. The molecule has 0 saturated heterocycles. The van der Waals surface area contributed by atoms with E-state index in [1.807, 2.05) is 6.20 Å². The van der Waals surface area contributed by atoms with Gasteiger partial charge in [-0.15, -0.1) is 0 Å². The topological polar surface area (TPSA) is 17.3 Å². The molecule has 1 aliphatic carbocycles. The molecule has 0 bridgehead atoms. The molecule has 2 heteroatoms. The fourth-order valence-electron chi connectivity index (χ4n) is 6.63. The van der Waals surface area contributed by atoms with Gasteiger partial charge < -0.3 is 4.40 Å². The molecule has 8 rings (SSSR count). The van der Waals surface area contributed by atoms with Crippen LogP contribution in [-0.4, -0.2) is 9.38 Å². The number of hydrogen-bond acceptors (Lipinski definition) is 1. The van der Waals surface area contributed by atoms with Crippen LogP contribution in [-0.2, 0) is 6.42 Å². The Morgan fingerprint density at radius 3 is 2.39 bits per heavy atom. The molecule has 0 aliphatic heterocycles. The van der Waals surface area contributed by atoms with E-state index in [0.717, 1.165) is 11.4 Å². The van der Waals surface area contributed by atoms with E-state index in [9.17, 15) is 0 Å². The number of benzene rings is 4. The third-order valence-electron chi connectivity index (χ3n) is 8.11. The number of fused-ring (bicyclic) bond motifs is 7. The Balaban J connectivity index is 1.64. The van der Waals surface area contributed by atoms with Gasteiger partial charge in [-0.1, -0.05) is 68.1 Å². The van der Waals surface area contributed by atoms with Crippen molar-refractivity contribution in [1.29, 1.82) is 0 Å². The van der Waals surface area contributed by atoms with Crippen molar-refractivity contribution in [3.63, 3.8) is 0 Å². The zero-order valence-electron chi connectivity index (χ0n) is 18.5. The third kappa shape index (κ3) is 2.36. The Labute approximate surface area is 191 Å². The third-order valence-corrected chi connectivity index (χ3v) is 8.11. The molecule has 0 atom stereocenters. The van der Waals surface area contributed by atoms with Crippen molar-refractivity contribution in [2.45, 2.75) is 32.1 Å². The number of para-hydroxylation sites is 1. The summed E-state index contributed by atoms with van der Waals surface area (Å²) in [5, 5.41) is 9.23. The van der Waals surface area contributed by atoms with Gasteiger partial charge in [-0.05, 0) is 64.4 Å². The molecule has 4 aromatic carbocycles. The zero-order chi connectivity index (χ0) is 21.5. The van der Waals surface area contributed by atoms with Gasteiger partial charge in [-0.25, -0.2) is 0 Å². The minimum atomic E-state index is 0.815. The van der Waals surface area contributed by atoms with Crippen LogP contribution in [0.15, 0.2) is 79.0 Å². The summed E-state index contributed by atoms with van der Waals surface area (Å²) < 4.78 is 2.50. The van der Waals surface area contributed by atoms with E-state index >= 15 is 0 Å². The summed E-state index contributed by atoms with van der Waals surface area (Å²) in [4.78, 5) is 5.00. The van der Waals surface area contributed by atoms with Crippen molar-refractivity contribution in [2.75, 3.05) is 0 Å². The molecule has 33 heavy (non-hydrogen) atoms. The van der Waals surface area contributed by atoms with Gasteiger partial charge in [0.1, 0.15) is 0 Å². The first-order chi connectivity index (χ1) is 16.4. The monoisotopic (exact) mass is 424 g/mol. The first-order valence-electron chi connectivity index (χ1n) is 12.2. The summed E-state index contributed by atoms with van der Waals surface area (Å²) >= 11 is 0. The van der Waals surface area contributed by atoms with Gasteiger partial charge in [-0.2, -0.15) is 0 Å². The van der Waals surface area contributed by atoms with E-state index in [1.54, 1.807) is 0 Å². The van der Waals surface area contributed by atoms with Gasteiger partial charge in [0, 0.05) is 27.7 Å². The lowest BCUT2D eigenvalue weighted by molar-refractivity contribution is 0.548. The molecule has 1 saturated carbocycles. The van der Waals surface area contributed by atoms with Crippen molar-refractivity contribution in [2.24, 2.45) is 5.92 Å². The normalized spacial score (nSPS) is 15.4. The number of nitrogens with zero attached hydrogens (tertiary/aromatic N) is 2. The summed E-state index contributed by atoms with van der Waals surface area (Å²) in [5.74, 6) is 0.815. The first-order valence-corrected chi connectivity index (χ1v) is 12.2. The van der Waals surface area contributed by atoms with Gasteiger partial charge in [0.15, 0.2) is 0 Å². The molecule has 0 spiro atoms. The molecule has 0 radical (unpaired) electrons. The first kappa shape index (κ1) is 17.9. The van der Waals surface area contributed by atoms with E-state index in [2.05, 4.69) is 77.2 Å². The van der Waals surface area contributed by atoms with E-state index < -0.39 is 0 Å². The van der Waals surface area contributed by atoms with Crippen molar-refractivity contribution >= 4 is 59.8 Å². The summed E-state index contributed by atoms with van der Waals surface area (Å²) in [5.41, 5.74) is 6.50. The van der Waals surface area contributed by atoms with Gasteiger partial charge in [0.2, 0.25) is 0 Å². The Kier molecular flexibility index (Phi) is 3.49. The predicted octanol–water partition coefficient (Wildman–Crippen LogP) is 8.27. The molecule has 0 unspecified atom stereocenters. The average Bonchev–Trinajstić information content (AvgIpc) is 3.49. The molecule has 1 fully saturated rings. The highest BCUT2D eigenvalue weighted by Gasteiger charge is 2.23. The second-order valence-electron chi connectivity index (χ2n) is 9.94. The van der Waals surface area contributed by atoms with E-state index in [1.165, 1.54) is 91.9 Å². The van der Waals surface area contributed by atoms with Crippen molar-refractivity contribution in [3.8, 4) is 0 Å². The smallest absolute Gasteiger partial charge is 0.0823 e. The van der Waals surface area contributed by atoms with Crippen LogP contribution in [0, 0.1) is 5.92 Å². The van der Waals surface area contributed by atoms with Gasteiger partial charge in [-0.3, -0.25) is 4.98 Å². The number of pyridine rings is 2. The van der Waals surface area contributed by atoms with Crippen LogP contribution in [0.1, 0.15) is 31.2 Å². The molecule has 158 valence electrons. The van der Waals surface area contributed by atoms with Crippen LogP contribution < -0.4 is 0 Å². The SMILES string of the molecule is c1ccc2cc3c(cc2c1)c1nccc2c(CC4CCCC4)cc4c5ccccc5n3c4c21. The van der Waals surface area contributed by atoms with Crippen LogP contribution in [0.2, 0.25) is 0 Å². The number of hydrogen-bond donors (Lipinski definition) is 0. The Morgan fingerprint density at radius 2 is 1.52 bits per heavy atom. The number of rotatable bonds is 2. The molecular formula is C31H24N2. The molecule has 0 amide bonds. The lowest BCUT2D eigenvalue weighted by atomic mass is 9.91. The minimum Gasteiger partial charge on any atom is -0.308 e. The van der Waals surface area contributed by atoms with Crippen molar-refractivity contribution < 1.29 is 0 Å². The fourth-order valence-corrected chi connectivity index (χ4v) is 6.63. The zero-order valence-corrected chi connectivity index (χ0v) is 18.5. The summed E-state index contributed by atoms with van der Waals surface area (Å²) in [6, 6.07) is 27.1. The largest absolute Gasteiger partial charge is 0.308 e. The maximum Gasteiger partial charge on any atom is 0.0823 e. The Morgan fingerprint density at radius 1 is 0.727 bits per heavy atom. The molecule has 3 aromatic heterocycles. The summed E-state index contributed by atoms with van der Waals surface area (Å²) in [6.07, 6.45) is 8.72. The standard InChI is InChI=1S/C31H24N2/c1-2-8-19(7-1)15-22-17-25-24-11-5-6-12-27(24)33-28-18-21-10-4-3-9-20(21)16-26(28)30-29(31(25)33)23(22)13-14-32-30/h3-6,9-14,16-19H,1-2,7-8,15H2. The Hall–Kier alpha value is -3.65. The van der Waals surface area contributed by atoms with Crippen LogP contribution >= 0.6 is 0 Å². The fraction of sp³-hybridized carbons (Fsp3) is 0.194.